The largest absolute Gasteiger partial charge is 0.455 e. The summed E-state index contributed by atoms with van der Waals surface area (Å²) in [5.74, 6) is 1.50. The van der Waals surface area contributed by atoms with Crippen molar-refractivity contribution < 1.29 is 8.83 Å². The molecule has 0 unspecified atom stereocenters. The Balaban J connectivity index is 1.25. The molecule has 0 spiro atoms. The molecule has 0 saturated heterocycles. The van der Waals surface area contributed by atoms with Crippen LogP contribution in [0.4, 0.5) is 0 Å². The molecule has 0 aliphatic heterocycles. The summed E-state index contributed by atoms with van der Waals surface area (Å²) in [6, 6.07) is 46.0. The second-order valence-electron chi connectivity index (χ2n) is 11.1. The molecule has 0 aliphatic rings. The molecule has 0 atom stereocenters. The van der Waals surface area contributed by atoms with E-state index in [0.29, 0.717) is 28.6 Å². The number of nitriles is 1. The van der Waals surface area contributed by atoms with E-state index < -0.39 is 0 Å². The van der Waals surface area contributed by atoms with Gasteiger partial charge in [-0.25, -0.2) is 15.0 Å². The third kappa shape index (κ3) is 4.15. The van der Waals surface area contributed by atoms with Crippen molar-refractivity contribution in [2.24, 2.45) is 0 Å². The van der Waals surface area contributed by atoms with Crippen molar-refractivity contribution in [2.75, 3.05) is 0 Å². The fraction of sp³-hybridized carbons (Fsp3) is 0. The molecular formula is C40H22N4O2. The normalized spacial score (nSPS) is 11.5. The Bertz CT molecular complexity index is 2650. The highest BCUT2D eigenvalue weighted by atomic mass is 16.3. The first kappa shape index (κ1) is 25.9. The maximum Gasteiger partial charge on any atom is 0.167 e. The third-order valence-corrected chi connectivity index (χ3v) is 8.36. The van der Waals surface area contributed by atoms with E-state index in [0.717, 1.165) is 66.1 Å². The zero-order chi connectivity index (χ0) is 30.6. The first-order valence-corrected chi connectivity index (χ1v) is 14.9. The molecule has 3 heterocycles. The highest BCUT2D eigenvalue weighted by molar-refractivity contribution is 6.17. The van der Waals surface area contributed by atoms with E-state index in [1.165, 1.54) is 0 Å². The molecule has 214 valence electrons. The van der Waals surface area contributed by atoms with Gasteiger partial charge in [0.1, 0.15) is 22.3 Å². The van der Waals surface area contributed by atoms with Crippen molar-refractivity contribution in [3.05, 3.63) is 139 Å². The SMILES string of the molecule is N#Cc1cccc(-c2nc(-c3ccccc3)nc(-c3cccc4c3oc3cc5c(cc34)oc3c(-c4ccccc4)cccc35)n2)c1. The molecule has 0 amide bonds. The molecule has 0 bridgehead atoms. The Hall–Kier alpha value is -6.58. The van der Waals surface area contributed by atoms with Gasteiger partial charge in [0.15, 0.2) is 17.5 Å². The van der Waals surface area contributed by atoms with Crippen LogP contribution >= 0.6 is 0 Å². The van der Waals surface area contributed by atoms with E-state index in [1.807, 2.05) is 78.9 Å². The predicted octanol–water partition coefficient (Wildman–Crippen LogP) is 10.2. The summed E-state index contributed by atoms with van der Waals surface area (Å²) < 4.78 is 13.2. The van der Waals surface area contributed by atoms with Crippen LogP contribution in [0.25, 0.3) is 89.2 Å². The molecule has 9 aromatic rings. The highest BCUT2D eigenvalue weighted by Crippen LogP contribution is 2.41. The average Bonchev–Trinajstić information content (AvgIpc) is 3.68. The second-order valence-corrected chi connectivity index (χ2v) is 11.1. The monoisotopic (exact) mass is 590 g/mol. The summed E-state index contributed by atoms with van der Waals surface area (Å²) in [7, 11) is 0. The van der Waals surface area contributed by atoms with E-state index in [2.05, 4.69) is 48.5 Å². The number of furan rings is 2. The third-order valence-electron chi connectivity index (χ3n) is 8.36. The Kier molecular flexibility index (Phi) is 5.77. The van der Waals surface area contributed by atoms with Crippen LogP contribution in [0.3, 0.4) is 0 Å². The first-order chi connectivity index (χ1) is 22.7. The van der Waals surface area contributed by atoms with Gasteiger partial charge >= 0.3 is 0 Å². The average molecular weight is 591 g/mol. The number of nitrogens with zero attached hydrogens (tertiary/aromatic N) is 4. The number of rotatable bonds is 4. The fourth-order valence-corrected chi connectivity index (χ4v) is 6.18. The lowest BCUT2D eigenvalue weighted by Gasteiger charge is -2.09. The molecular weight excluding hydrogens is 568 g/mol. The lowest BCUT2D eigenvalue weighted by atomic mass is 10.0. The second kappa shape index (κ2) is 10.3. The minimum atomic E-state index is 0.479. The number of benzene rings is 6. The van der Waals surface area contributed by atoms with Crippen LogP contribution in [-0.2, 0) is 0 Å². The first-order valence-electron chi connectivity index (χ1n) is 14.9. The summed E-state index contributed by atoms with van der Waals surface area (Å²) in [4.78, 5) is 14.6. The van der Waals surface area contributed by atoms with Crippen molar-refractivity contribution in [2.45, 2.75) is 0 Å². The summed E-state index contributed by atoms with van der Waals surface area (Å²) >= 11 is 0. The van der Waals surface area contributed by atoms with Crippen molar-refractivity contribution in [1.29, 1.82) is 5.26 Å². The van der Waals surface area contributed by atoms with Gasteiger partial charge in [-0.2, -0.15) is 5.26 Å². The standard InChI is InChI=1S/C40H22N4O2/c41-23-24-10-7-15-27(20-24)39-42-38(26-13-5-2-6-14-26)43-40(44-39)31-19-9-18-30-33-22-34-32(21-35(33)46-37(30)31)29-17-8-16-28(36(29)45-34)25-11-3-1-4-12-25/h1-22H. The molecule has 0 N–H and O–H groups in total. The highest BCUT2D eigenvalue weighted by Gasteiger charge is 2.20. The number of para-hydroxylation sites is 2. The van der Waals surface area contributed by atoms with Crippen LogP contribution < -0.4 is 0 Å². The summed E-state index contributed by atoms with van der Waals surface area (Å²) in [5.41, 5.74) is 8.13. The lowest BCUT2D eigenvalue weighted by molar-refractivity contribution is 0.665. The molecule has 6 heteroatoms. The van der Waals surface area contributed by atoms with E-state index in [4.69, 9.17) is 23.8 Å². The van der Waals surface area contributed by atoms with E-state index in [1.54, 1.807) is 12.1 Å². The molecule has 46 heavy (non-hydrogen) atoms. The maximum absolute atomic E-state index is 9.52. The van der Waals surface area contributed by atoms with E-state index in [-0.39, 0.29) is 0 Å². The minimum absolute atomic E-state index is 0.479. The quantitative estimate of drug-likeness (QED) is 0.203. The molecule has 0 fully saturated rings. The molecule has 0 aliphatic carbocycles. The molecule has 0 radical (unpaired) electrons. The summed E-state index contributed by atoms with van der Waals surface area (Å²) in [6.45, 7) is 0. The van der Waals surface area contributed by atoms with Gasteiger partial charge in [-0.3, -0.25) is 0 Å². The van der Waals surface area contributed by atoms with Gasteiger partial charge in [-0.05, 0) is 35.9 Å². The topological polar surface area (TPSA) is 88.7 Å². The number of fused-ring (bicyclic) bond motifs is 6. The van der Waals surface area contributed by atoms with E-state index >= 15 is 0 Å². The van der Waals surface area contributed by atoms with Crippen LogP contribution in [0, 0.1) is 11.3 Å². The van der Waals surface area contributed by atoms with Crippen molar-refractivity contribution in [1.82, 2.24) is 15.0 Å². The van der Waals surface area contributed by atoms with Crippen LogP contribution in [-0.4, -0.2) is 15.0 Å². The van der Waals surface area contributed by atoms with Crippen LogP contribution in [0.2, 0.25) is 0 Å². The molecule has 6 aromatic carbocycles. The lowest BCUT2D eigenvalue weighted by Crippen LogP contribution is -2.00. The van der Waals surface area contributed by atoms with Crippen molar-refractivity contribution in [3.63, 3.8) is 0 Å². The van der Waals surface area contributed by atoms with Gasteiger partial charge in [0.2, 0.25) is 0 Å². The Morgan fingerprint density at radius 3 is 1.61 bits per heavy atom. The molecule has 3 aromatic heterocycles. The minimum Gasteiger partial charge on any atom is -0.455 e. The predicted molar refractivity (Wildman–Crippen MR) is 181 cm³/mol. The smallest absolute Gasteiger partial charge is 0.167 e. The van der Waals surface area contributed by atoms with Gasteiger partial charge in [-0.15, -0.1) is 0 Å². The number of hydrogen-bond donors (Lipinski definition) is 0. The van der Waals surface area contributed by atoms with Gasteiger partial charge < -0.3 is 8.83 Å². The zero-order valence-electron chi connectivity index (χ0n) is 24.3. The fourth-order valence-electron chi connectivity index (χ4n) is 6.18. The van der Waals surface area contributed by atoms with Gasteiger partial charge in [-0.1, -0.05) is 103 Å². The Labute approximate surface area is 262 Å². The molecule has 0 saturated carbocycles. The van der Waals surface area contributed by atoms with Crippen LogP contribution in [0.5, 0.6) is 0 Å². The number of hydrogen-bond acceptors (Lipinski definition) is 6. The van der Waals surface area contributed by atoms with Crippen molar-refractivity contribution >= 4 is 43.9 Å². The van der Waals surface area contributed by atoms with Crippen molar-refractivity contribution in [3.8, 4) is 51.4 Å². The maximum atomic E-state index is 9.52. The van der Waals surface area contributed by atoms with Gasteiger partial charge in [0.05, 0.1) is 17.2 Å². The zero-order valence-corrected chi connectivity index (χ0v) is 24.3. The Morgan fingerprint density at radius 1 is 0.435 bits per heavy atom. The summed E-state index contributed by atoms with van der Waals surface area (Å²) in [6.07, 6.45) is 0. The van der Waals surface area contributed by atoms with Crippen LogP contribution in [0.15, 0.2) is 142 Å². The molecule has 6 nitrogen and oxygen atoms in total. The van der Waals surface area contributed by atoms with Gasteiger partial charge in [0, 0.05) is 38.2 Å². The Morgan fingerprint density at radius 2 is 0.957 bits per heavy atom. The number of aromatic nitrogens is 3. The molecule has 9 rings (SSSR count). The van der Waals surface area contributed by atoms with Gasteiger partial charge in [0.25, 0.3) is 0 Å². The summed E-state index contributed by atoms with van der Waals surface area (Å²) in [5, 5.41) is 13.4. The van der Waals surface area contributed by atoms with E-state index in [9.17, 15) is 5.26 Å². The van der Waals surface area contributed by atoms with Crippen LogP contribution in [0.1, 0.15) is 5.56 Å².